The van der Waals surface area contributed by atoms with Gasteiger partial charge in [0.2, 0.25) is 0 Å². The van der Waals surface area contributed by atoms with Crippen LogP contribution in [0.4, 0.5) is 0 Å². The Kier molecular flexibility index (Phi) is 4.60. The van der Waals surface area contributed by atoms with Crippen LogP contribution in [0.25, 0.3) is 0 Å². The van der Waals surface area contributed by atoms with Gasteiger partial charge >= 0.3 is 0 Å². The van der Waals surface area contributed by atoms with Gasteiger partial charge in [-0.3, -0.25) is 4.90 Å². The van der Waals surface area contributed by atoms with Crippen molar-refractivity contribution >= 4 is 0 Å². The molecule has 0 N–H and O–H groups in total. The highest BCUT2D eigenvalue weighted by Gasteiger charge is 2.19. The van der Waals surface area contributed by atoms with E-state index in [0.29, 0.717) is 12.3 Å². The summed E-state index contributed by atoms with van der Waals surface area (Å²) in [6.07, 6.45) is 3.38. The monoisotopic (exact) mass is 234 g/mol. The summed E-state index contributed by atoms with van der Waals surface area (Å²) >= 11 is 0. The van der Waals surface area contributed by atoms with E-state index < -0.39 is 0 Å². The predicted octanol–water partition coefficient (Wildman–Crippen LogP) is 2.03. The third kappa shape index (κ3) is 3.88. The summed E-state index contributed by atoms with van der Waals surface area (Å²) in [5.41, 5.74) is 0. The summed E-state index contributed by atoms with van der Waals surface area (Å²) in [5.74, 6) is 1.56. The zero-order chi connectivity index (χ0) is 11.9. The van der Waals surface area contributed by atoms with E-state index in [1.54, 1.807) is 6.26 Å². The standard InChI is InChI=1S/C13H18N2O2/c14-5-2-6-15(9-12-4-8-16-11-12)10-13-3-1-7-17-13/h1,3,7,12H,2,4,6,8-11H2/t12-/m0/s1. The van der Waals surface area contributed by atoms with Gasteiger partial charge in [-0.05, 0) is 24.5 Å². The van der Waals surface area contributed by atoms with Crippen molar-refractivity contribution in [3.8, 4) is 6.07 Å². The van der Waals surface area contributed by atoms with E-state index in [-0.39, 0.29) is 0 Å². The van der Waals surface area contributed by atoms with E-state index in [0.717, 1.165) is 45.0 Å². The largest absolute Gasteiger partial charge is 0.468 e. The number of nitriles is 1. The van der Waals surface area contributed by atoms with Gasteiger partial charge in [-0.2, -0.15) is 5.26 Å². The van der Waals surface area contributed by atoms with Crippen LogP contribution in [0, 0.1) is 17.2 Å². The first-order valence-electron chi connectivity index (χ1n) is 6.08. The summed E-state index contributed by atoms with van der Waals surface area (Å²) in [6.45, 7) is 4.29. The van der Waals surface area contributed by atoms with Crippen LogP contribution < -0.4 is 0 Å². The van der Waals surface area contributed by atoms with Crippen LogP contribution in [0.15, 0.2) is 22.8 Å². The fourth-order valence-corrected chi connectivity index (χ4v) is 2.16. The molecule has 1 aromatic rings. The first kappa shape index (κ1) is 12.2. The molecule has 0 unspecified atom stereocenters. The molecular weight excluding hydrogens is 216 g/mol. The highest BCUT2D eigenvalue weighted by atomic mass is 16.5. The van der Waals surface area contributed by atoms with Crippen molar-refractivity contribution in [2.45, 2.75) is 19.4 Å². The second-order valence-electron chi connectivity index (χ2n) is 4.45. The fraction of sp³-hybridized carbons (Fsp3) is 0.615. The van der Waals surface area contributed by atoms with E-state index in [9.17, 15) is 0 Å². The maximum Gasteiger partial charge on any atom is 0.117 e. The average Bonchev–Trinajstić information content (AvgIpc) is 2.99. The highest BCUT2D eigenvalue weighted by molar-refractivity contribution is 4.98. The van der Waals surface area contributed by atoms with Gasteiger partial charge in [0.25, 0.3) is 0 Å². The van der Waals surface area contributed by atoms with Crippen LogP contribution in [0.1, 0.15) is 18.6 Å². The van der Waals surface area contributed by atoms with Crippen LogP contribution in [0.3, 0.4) is 0 Å². The van der Waals surface area contributed by atoms with Crippen molar-refractivity contribution < 1.29 is 9.15 Å². The Morgan fingerprint density at radius 2 is 2.47 bits per heavy atom. The maximum atomic E-state index is 8.68. The summed E-state index contributed by atoms with van der Waals surface area (Å²) in [5, 5.41) is 8.68. The van der Waals surface area contributed by atoms with Gasteiger partial charge < -0.3 is 9.15 Å². The lowest BCUT2D eigenvalue weighted by molar-refractivity contribution is 0.162. The van der Waals surface area contributed by atoms with Crippen molar-refractivity contribution in [3.05, 3.63) is 24.2 Å². The summed E-state index contributed by atoms with van der Waals surface area (Å²) in [4.78, 5) is 2.28. The lowest BCUT2D eigenvalue weighted by Gasteiger charge is -2.22. The van der Waals surface area contributed by atoms with Gasteiger partial charge in [0.1, 0.15) is 5.76 Å². The second kappa shape index (κ2) is 6.43. The molecule has 17 heavy (non-hydrogen) atoms. The Bertz CT molecular complexity index is 350. The van der Waals surface area contributed by atoms with Crippen LogP contribution >= 0.6 is 0 Å². The molecule has 0 radical (unpaired) electrons. The van der Waals surface area contributed by atoms with E-state index in [4.69, 9.17) is 14.4 Å². The first-order valence-corrected chi connectivity index (χ1v) is 6.08. The molecule has 1 aromatic heterocycles. The number of furan rings is 1. The smallest absolute Gasteiger partial charge is 0.117 e. The van der Waals surface area contributed by atoms with Crippen LogP contribution in [0.5, 0.6) is 0 Å². The number of nitrogens with zero attached hydrogens (tertiary/aromatic N) is 2. The lowest BCUT2D eigenvalue weighted by Crippen LogP contribution is -2.30. The normalized spacial score (nSPS) is 19.6. The molecule has 92 valence electrons. The quantitative estimate of drug-likeness (QED) is 0.755. The number of hydrogen-bond donors (Lipinski definition) is 0. The molecule has 1 fully saturated rings. The van der Waals surface area contributed by atoms with Gasteiger partial charge in [-0.1, -0.05) is 0 Å². The van der Waals surface area contributed by atoms with E-state index in [2.05, 4.69) is 11.0 Å². The highest BCUT2D eigenvalue weighted by Crippen LogP contribution is 2.16. The Morgan fingerprint density at radius 1 is 1.53 bits per heavy atom. The zero-order valence-electron chi connectivity index (χ0n) is 9.97. The van der Waals surface area contributed by atoms with Crippen LogP contribution in [0.2, 0.25) is 0 Å². The molecule has 1 atom stereocenters. The number of rotatable bonds is 6. The average molecular weight is 234 g/mol. The van der Waals surface area contributed by atoms with Crippen LogP contribution in [-0.2, 0) is 11.3 Å². The number of hydrogen-bond acceptors (Lipinski definition) is 4. The lowest BCUT2D eigenvalue weighted by atomic mass is 10.1. The van der Waals surface area contributed by atoms with Gasteiger partial charge in [-0.15, -0.1) is 0 Å². The van der Waals surface area contributed by atoms with Gasteiger partial charge in [-0.25, -0.2) is 0 Å². The molecule has 4 heteroatoms. The summed E-state index contributed by atoms with van der Waals surface area (Å²) in [6, 6.07) is 6.08. The molecule has 0 bridgehead atoms. The molecule has 0 aliphatic carbocycles. The second-order valence-corrected chi connectivity index (χ2v) is 4.45. The zero-order valence-corrected chi connectivity index (χ0v) is 9.97. The molecule has 0 spiro atoms. The number of ether oxygens (including phenoxy) is 1. The van der Waals surface area contributed by atoms with Crippen molar-refractivity contribution in [1.29, 1.82) is 5.26 Å². The van der Waals surface area contributed by atoms with Crippen molar-refractivity contribution in [1.82, 2.24) is 4.90 Å². The molecule has 2 heterocycles. The molecule has 0 aromatic carbocycles. The minimum Gasteiger partial charge on any atom is -0.468 e. The molecule has 1 aliphatic rings. The van der Waals surface area contributed by atoms with Crippen molar-refractivity contribution in [3.63, 3.8) is 0 Å². The molecule has 4 nitrogen and oxygen atoms in total. The van der Waals surface area contributed by atoms with Gasteiger partial charge in [0, 0.05) is 26.1 Å². The van der Waals surface area contributed by atoms with E-state index in [1.807, 2.05) is 12.1 Å². The minimum absolute atomic E-state index is 0.564. The topological polar surface area (TPSA) is 49.4 Å². The van der Waals surface area contributed by atoms with Crippen molar-refractivity contribution in [2.24, 2.45) is 5.92 Å². The Labute approximate surface area is 102 Å². The third-order valence-corrected chi connectivity index (χ3v) is 3.04. The first-order chi connectivity index (χ1) is 8.38. The summed E-state index contributed by atoms with van der Waals surface area (Å²) < 4.78 is 10.7. The molecule has 2 rings (SSSR count). The minimum atomic E-state index is 0.564. The summed E-state index contributed by atoms with van der Waals surface area (Å²) in [7, 11) is 0. The molecular formula is C13H18N2O2. The van der Waals surface area contributed by atoms with E-state index in [1.165, 1.54) is 0 Å². The Balaban J connectivity index is 1.85. The molecule has 0 amide bonds. The molecule has 0 saturated carbocycles. The third-order valence-electron chi connectivity index (χ3n) is 3.04. The maximum absolute atomic E-state index is 8.68. The molecule has 1 saturated heterocycles. The fourth-order valence-electron chi connectivity index (χ4n) is 2.16. The SMILES string of the molecule is N#CCCN(Cc1ccco1)C[C@@H]1CCOC1. The Hall–Kier alpha value is -1.31. The predicted molar refractivity (Wildman–Crippen MR) is 63.1 cm³/mol. The van der Waals surface area contributed by atoms with Crippen molar-refractivity contribution in [2.75, 3.05) is 26.3 Å². The van der Waals surface area contributed by atoms with Gasteiger partial charge in [0.05, 0.1) is 25.5 Å². The van der Waals surface area contributed by atoms with E-state index >= 15 is 0 Å². The van der Waals surface area contributed by atoms with Gasteiger partial charge in [0.15, 0.2) is 0 Å². The molecule has 1 aliphatic heterocycles. The van der Waals surface area contributed by atoms with Crippen LogP contribution in [-0.4, -0.2) is 31.2 Å². The Morgan fingerprint density at radius 3 is 3.12 bits per heavy atom.